The summed E-state index contributed by atoms with van der Waals surface area (Å²) in [6, 6.07) is 12.5. The number of amides is 4. The van der Waals surface area contributed by atoms with Crippen molar-refractivity contribution in [1.82, 2.24) is 15.5 Å². The molecule has 0 aromatic heterocycles. The minimum atomic E-state index is -0.658. The van der Waals surface area contributed by atoms with Crippen molar-refractivity contribution in [3.63, 3.8) is 0 Å². The van der Waals surface area contributed by atoms with E-state index in [4.69, 9.17) is 0 Å². The number of likely N-dealkylation sites (tertiary alicyclic amines) is 1. The molecule has 32 heavy (non-hydrogen) atoms. The molecule has 1 fully saturated rings. The van der Waals surface area contributed by atoms with Crippen molar-refractivity contribution in [3.05, 3.63) is 65.5 Å². The van der Waals surface area contributed by atoms with Crippen LogP contribution in [0.25, 0.3) is 0 Å². The van der Waals surface area contributed by atoms with Crippen molar-refractivity contribution < 1.29 is 18.8 Å². The lowest BCUT2D eigenvalue weighted by Crippen LogP contribution is -2.53. The molecule has 3 N–H and O–H groups in total. The van der Waals surface area contributed by atoms with E-state index in [1.165, 1.54) is 31.2 Å². The van der Waals surface area contributed by atoms with Crippen LogP contribution in [0.15, 0.2) is 48.5 Å². The van der Waals surface area contributed by atoms with Crippen molar-refractivity contribution in [3.8, 4) is 0 Å². The molecule has 2 aromatic carbocycles. The van der Waals surface area contributed by atoms with E-state index in [0.717, 1.165) is 11.1 Å². The molecule has 1 saturated heterocycles. The molecule has 3 rings (SSSR count). The van der Waals surface area contributed by atoms with E-state index < -0.39 is 6.04 Å². The molecular formula is C24H29FN4O3. The molecular weight excluding hydrogens is 411 g/mol. The minimum Gasteiger partial charge on any atom is -0.351 e. The van der Waals surface area contributed by atoms with Gasteiger partial charge < -0.3 is 20.9 Å². The number of nitrogens with zero attached hydrogens (tertiary/aromatic N) is 1. The van der Waals surface area contributed by atoms with Gasteiger partial charge in [0.15, 0.2) is 0 Å². The fourth-order valence-electron chi connectivity index (χ4n) is 3.79. The number of urea groups is 1. The second-order valence-electron chi connectivity index (χ2n) is 8.15. The topological polar surface area (TPSA) is 90.5 Å². The van der Waals surface area contributed by atoms with E-state index in [2.05, 4.69) is 16.0 Å². The van der Waals surface area contributed by atoms with Crippen LogP contribution in [0.4, 0.5) is 14.9 Å². The Morgan fingerprint density at radius 2 is 1.78 bits per heavy atom. The van der Waals surface area contributed by atoms with Gasteiger partial charge in [0.2, 0.25) is 11.8 Å². The Hall–Kier alpha value is -3.42. The van der Waals surface area contributed by atoms with Gasteiger partial charge in [-0.1, -0.05) is 29.8 Å². The van der Waals surface area contributed by atoms with Gasteiger partial charge >= 0.3 is 6.03 Å². The number of carbonyl (C=O) groups excluding carboxylic acids is 3. The minimum absolute atomic E-state index is 0.0776. The molecule has 1 heterocycles. The number of carbonyl (C=O) groups is 3. The first-order valence-electron chi connectivity index (χ1n) is 10.7. The number of hydrogen-bond acceptors (Lipinski definition) is 3. The number of anilines is 1. The van der Waals surface area contributed by atoms with Crippen LogP contribution in [0, 0.1) is 12.7 Å². The third-order valence-corrected chi connectivity index (χ3v) is 5.44. The molecule has 1 atom stereocenters. The van der Waals surface area contributed by atoms with Crippen molar-refractivity contribution in [2.45, 2.75) is 45.2 Å². The van der Waals surface area contributed by atoms with Crippen LogP contribution in [-0.4, -0.2) is 47.9 Å². The summed E-state index contributed by atoms with van der Waals surface area (Å²) in [6.07, 6.45) is 1.63. The van der Waals surface area contributed by atoms with Crippen LogP contribution in [0.3, 0.4) is 0 Å². The Labute approximate surface area is 187 Å². The normalized spacial score (nSPS) is 15.0. The Balaban J connectivity index is 1.51. The zero-order valence-corrected chi connectivity index (χ0v) is 18.4. The molecule has 1 aliphatic heterocycles. The van der Waals surface area contributed by atoms with Gasteiger partial charge in [-0.15, -0.1) is 0 Å². The van der Waals surface area contributed by atoms with Crippen LogP contribution in [0.2, 0.25) is 0 Å². The zero-order chi connectivity index (χ0) is 23.1. The molecule has 0 saturated carbocycles. The fraction of sp³-hybridized carbons (Fsp3) is 0.375. The van der Waals surface area contributed by atoms with Gasteiger partial charge in [-0.3, -0.25) is 9.59 Å². The lowest BCUT2D eigenvalue weighted by atomic mass is 10.0. The fourth-order valence-corrected chi connectivity index (χ4v) is 3.79. The highest BCUT2D eigenvalue weighted by Crippen LogP contribution is 2.15. The van der Waals surface area contributed by atoms with E-state index in [1.54, 1.807) is 4.90 Å². The summed E-state index contributed by atoms with van der Waals surface area (Å²) in [4.78, 5) is 38.6. The summed E-state index contributed by atoms with van der Waals surface area (Å²) in [5.41, 5.74) is 2.60. The number of halogens is 1. The maximum Gasteiger partial charge on any atom is 0.321 e. The average molecular weight is 441 g/mol. The van der Waals surface area contributed by atoms with Gasteiger partial charge in [-0.2, -0.15) is 0 Å². The number of rotatable bonds is 6. The van der Waals surface area contributed by atoms with Gasteiger partial charge in [-0.05, 0) is 49.6 Å². The quantitative estimate of drug-likeness (QED) is 0.645. The van der Waals surface area contributed by atoms with Crippen LogP contribution >= 0.6 is 0 Å². The molecule has 0 unspecified atom stereocenters. The number of hydrogen-bond donors (Lipinski definition) is 3. The maximum absolute atomic E-state index is 13.0. The van der Waals surface area contributed by atoms with Crippen LogP contribution in [0.1, 0.15) is 30.9 Å². The third-order valence-electron chi connectivity index (χ3n) is 5.44. The molecule has 0 aliphatic carbocycles. The van der Waals surface area contributed by atoms with Gasteiger partial charge in [0.25, 0.3) is 0 Å². The van der Waals surface area contributed by atoms with Gasteiger partial charge in [0.05, 0.1) is 0 Å². The van der Waals surface area contributed by atoms with Crippen molar-refractivity contribution >= 4 is 23.5 Å². The van der Waals surface area contributed by atoms with Crippen LogP contribution in [-0.2, 0) is 16.0 Å². The second kappa shape index (κ2) is 10.7. The number of nitrogens with one attached hydrogen (secondary N) is 3. The molecule has 0 spiro atoms. The Morgan fingerprint density at radius 3 is 2.41 bits per heavy atom. The summed E-state index contributed by atoms with van der Waals surface area (Å²) >= 11 is 0. The third kappa shape index (κ3) is 6.80. The molecule has 4 amide bonds. The molecule has 2 aromatic rings. The lowest BCUT2D eigenvalue weighted by molar-refractivity contribution is -0.128. The maximum atomic E-state index is 13.0. The lowest BCUT2D eigenvalue weighted by Gasteiger charge is -2.33. The first-order valence-corrected chi connectivity index (χ1v) is 10.7. The van der Waals surface area contributed by atoms with E-state index in [9.17, 15) is 18.8 Å². The number of aryl methyl sites for hydroxylation is 1. The second-order valence-corrected chi connectivity index (χ2v) is 8.15. The SMILES string of the molecule is CC(=O)N[C@@H](Cc1cccc(C)c1)C(=O)NC1CCN(C(=O)Nc2ccc(F)cc2)CC1. The molecule has 1 aliphatic rings. The number of piperidine rings is 1. The van der Waals surface area contributed by atoms with E-state index in [0.29, 0.717) is 38.0 Å². The van der Waals surface area contributed by atoms with Gasteiger partial charge in [-0.25, -0.2) is 9.18 Å². The van der Waals surface area contributed by atoms with Crippen LogP contribution < -0.4 is 16.0 Å². The zero-order valence-electron chi connectivity index (χ0n) is 18.4. The summed E-state index contributed by atoms with van der Waals surface area (Å²) in [6.45, 7) is 4.35. The largest absolute Gasteiger partial charge is 0.351 e. The molecule has 0 radical (unpaired) electrons. The van der Waals surface area contributed by atoms with Gasteiger partial charge in [0, 0.05) is 38.2 Å². The summed E-state index contributed by atoms with van der Waals surface area (Å²) < 4.78 is 13.0. The van der Waals surface area contributed by atoms with Gasteiger partial charge in [0.1, 0.15) is 11.9 Å². The summed E-state index contributed by atoms with van der Waals surface area (Å²) in [5, 5.41) is 8.52. The summed E-state index contributed by atoms with van der Waals surface area (Å²) in [7, 11) is 0. The van der Waals surface area contributed by atoms with E-state index in [-0.39, 0.29) is 29.7 Å². The first kappa shape index (κ1) is 23.2. The summed E-state index contributed by atoms with van der Waals surface area (Å²) in [5.74, 6) is -0.847. The van der Waals surface area contributed by atoms with Crippen molar-refractivity contribution in [1.29, 1.82) is 0 Å². The highest BCUT2D eigenvalue weighted by atomic mass is 19.1. The highest BCUT2D eigenvalue weighted by Gasteiger charge is 2.27. The van der Waals surface area contributed by atoms with Crippen molar-refractivity contribution in [2.75, 3.05) is 18.4 Å². The molecule has 8 heteroatoms. The highest BCUT2D eigenvalue weighted by molar-refractivity contribution is 5.89. The smallest absolute Gasteiger partial charge is 0.321 e. The Bertz CT molecular complexity index is 956. The number of benzene rings is 2. The van der Waals surface area contributed by atoms with E-state index >= 15 is 0 Å². The monoisotopic (exact) mass is 440 g/mol. The predicted molar refractivity (Wildman–Crippen MR) is 121 cm³/mol. The standard InChI is InChI=1S/C24H29FN4O3/c1-16-4-3-5-18(14-16)15-22(26-17(2)30)23(31)27-21-10-12-29(13-11-21)24(32)28-20-8-6-19(25)7-9-20/h3-9,14,21-22H,10-13,15H2,1-2H3,(H,26,30)(H,27,31)(H,28,32)/t22-/m0/s1. The predicted octanol–water partition coefficient (Wildman–Crippen LogP) is 2.99. The molecule has 170 valence electrons. The van der Waals surface area contributed by atoms with Crippen molar-refractivity contribution in [2.24, 2.45) is 0 Å². The van der Waals surface area contributed by atoms with Crippen LogP contribution in [0.5, 0.6) is 0 Å². The van der Waals surface area contributed by atoms with E-state index in [1.807, 2.05) is 31.2 Å². The Morgan fingerprint density at radius 1 is 1.09 bits per heavy atom. The molecule has 7 nitrogen and oxygen atoms in total. The first-order chi connectivity index (χ1) is 15.3. The average Bonchev–Trinajstić information content (AvgIpc) is 2.75. The Kier molecular flexibility index (Phi) is 7.81. The molecule has 0 bridgehead atoms.